The van der Waals surface area contributed by atoms with Crippen molar-refractivity contribution in [2.75, 3.05) is 18.6 Å². The van der Waals surface area contributed by atoms with Gasteiger partial charge in [-0.15, -0.1) is 0 Å². The first-order valence-electron chi connectivity index (χ1n) is 6.34. The Morgan fingerprint density at radius 2 is 2.00 bits per heavy atom. The van der Waals surface area contributed by atoms with Crippen LogP contribution in [-0.4, -0.2) is 40.4 Å². The van der Waals surface area contributed by atoms with Crippen molar-refractivity contribution in [1.82, 2.24) is 4.98 Å². The van der Waals surface area contributed by atoms with Crippen LogP contribution in [0.4, 0.5) is 5.82 Å². The monoisotopic (exact) mass is 274 g/mol. The molecule has 0 aliphatic carbocycles. The van der Waals surface area contributed by atoms with Crippen molar-refractivity contribution in [3.05, 3.63) is 35.9 Å². The molecule has 1 aromatic heterocycles. The van der Waals surface area contributed by atoms with Gasteiger partial charge < -0.3 is 15.1 Å². The number of benzene rings is 1. The summed E-state index contributed by atoms with van der Waals surface area (Å²) in [6, 6.07) is 8.68. The van der Waals surface area contributed by atoms with E-state index in [1.54, 1.807) is 36.2 Å². The lowest BCUT2D eigenvalue weighted by Crippen LogP contribution is -2.44. The van der Waals surface area contributed by atoms with E-state index in [9.17, 15) is 15.0 Å². The molecule has 0 bridgehead atoms. The number of fused-ring (bicyclic) bond motifs is 1. The lowest BCUT2D eigenvalue weighted by atomic mass is 10.0. The summed E-state index contributed by atoms with van der Waals surface area (Å²) >= 11 is 0. The molecule has 2 N–H and O–H groups in total. The van der Waals surface area contributed by atoms with Gasteiger partial charge in [-0.2, -0.15) is 0 Å². The predicted octanol–water partition coefficient (Wildman–Crippen LogP) is 2.14. The second-order valence-electron chi connectivity index (χ2n) is 5.38. The van der Waals surface area contributed by atoms with E-state index in [0.717, 1.165) is 0 Å². The molecule has 20 heavy (non-hydrogen) atoms. The molecule has 0 aliphatic heterocycles. The van der Waals surface area contributed by atoms with Gasteiger partial charge in [-0.3, -0.25) is 0 Å². The van der Waals surface area contributed by atoms with Crippen LogP contribution >= 0.6 is 0 Å². The fraction of sp³-hybridized carbons (Fsp3) is 0.333. The Labute approximate surface area is 117 Å². The minimum Gasteiger partial charge on any atom is -0.478 e. The molecule has 5 heteroatoms. The SMILES string of the molecule is CN(c1cc(C(=O)O)c2ccccc2n1)C(C)(C)CO. The molecule has 1 aromatic carbocycles. The van der Waals surface area contributed by atoms with Crippen LogP contribution in [0.25, 0.3) is 10.9 Å². The number of hydrogen-bond donors (Lipinski definition) is 2. The van der Waals surface area contributed by atoms with Crippen molar-refractivity contribution in [3.8, 4) is 0 Å². The Morgan fingerprint density at radius 3 is 2.60 bits per heavy atom. The molecule has 0 amide bonds. The molecule has 0 radical (unpaired) electrons. The molecule has 0 saturated heterocycles. The number of hydrogen-bond acceptors (Lipinski definition) is 4. The van der Waals surface area contributed by atoms with Gasteiger partial charge in [-0.1, -0.05) is 18.2 Å². The molecular formula is C15H18N2O3. The van der Waals surface area contributed by atoms with Crippen LogP contribution in [0, 0.1) is 0 Å². The highest BCUT2D eigenvalue weighted by molar-refractivity contribution is 6.03. The van der Waals surface area contributed by atoms with Crippen LogP contribution in [0.3, 0.4) is 0 Å². The Bertz CT molecular complexity index is 653. The molecule has 2 rings (SSSR count). The van der Waals surface area contributed by atoms with E-state index in [2.05, 4.69) is 4.98 Å². The van der Waals surface area contributed by atoms with Gasteiger partial charge in [0.15, 0.2) is 0 Å². The number of nitrogens with zero attached hydrogens (tertiary/aromatic N) is 2. The lowest BCUT2D eigenvalue weighted by molar-refractivity contribution is 0.0699. The zero-order valence-corrected chi connectivity index (χ0v) is 11.8. The number of para-hydroxylation sites is 1. The molecule has 0 saturated carbocycles. The summed E-state index contributed by atoms with van der Waals surface area (Å²) in [6.45, 7) is 3.68. The maximum absolute atomic E-state index is 11.4. The average molecular weight is 274 g/mol. The largest absolute Gasteiger partial charge is 0.478 e. The highest BCUT2D eigenvalue weighted by Gasteiger charge is 2.25. The third-order valence-corrected chi connectivity index (χ3v) is 3.57. The van der Waals surface area contributed by atoms with Gasteiger partial charge in [0, 0.05) is 12.4 Å². The number of anilines is 1. The van der Waals surface area contributed by atoms with Gasteiger partial charge in [0.05, 0.1) is 23.2 Å². The van der Waals surface area contributed by atoms with Crippen LogP contribution in [0.2, 0.25) is 0 Å². The number of carboxylic acids is 1. The van der Waals surface area contributed by atoms with Crippen molar-refractivity contribution >= 4 is 22.7 Å². The van der Waals surface area contributed by atoms with Crippen molar-refractivity contribution in [2.45, 2.75) is 19.4 Å². The number of carbonyl (C=O) groups is 1. The van der Waals surface area contributed by atoms with Crippen molar-refractivity contribution in [1.29, 1.82) is 0 Å². The van der Waals surface area contributed by atoms with Gasteiger partial charge >= 0.3 is 5.97 Å². The van der Waals surface area contributed by atoms with E-state index in [1.807, 2.05) is 19.9 Å². The molecule has 0 spiro atoms. The normalized spacial score (nSPS) is 11.6. The lowest BCUT2D eigenvalue weighted by Gasteiger charge is -2.35. The molecule has 1 heterocycles. The molecule has 0 unspecified atom stereocenters. The minimum atomic E-state index is -0.986. The maximum atomic E-state index is 11.4. The van der Waals surface area contributed by atoms with E-state index in [-0.39, 0.29) is 12.2 Å². The first-order valence-corrected chi connectivity index (χ1v) is 6.34. The predicted molar refractivity (Wildman–Crippen MR) is 78.3 cm³/mol. The number of aliphatic hydroxyl groups is 1. The van der Waals surface area contributed by atoms with Crippen LogP contribution in [0.15, 0.2) is 30.3 Å². The molecule has 0 fully saturated rings. The zero-order chi connectivity index (χ0) is 14.9. The van der Waals surface area contributed by atoms with Crippen LogP contribution < -0.4 is 4.90 Å². The van der Waals surface area contributed by atoms with Gasteiger partial charge in [0.2, 0.25) is 0 Å². The van der Waals surface area contributed by atoms with Gasteiger partial charge in [-0.25, -0.2) is 9.78 Å². The molecule has 0 atom stereocenters. The highest BCUT2D eigenvalue weighted by Crippen LogP contribution is 2.26. The number of aromatic nitrogens is 1. The van der Waals surface area contributed by atoms with Crippen LogP contribution in [-0.2, 0) is 0 Å². The summed E-state index contributed by atoms with van der Waals surface area (Å²) in [5, 5.41) is 19.4. The van der Waals surface area contributed by atoms with Crippen molar-refractivity contribution in [2.24, 2.45) is 0 Å². The van der Waals surface area contributed by atoms with Crippen molar-refractivity contribution in [3.63, 3.8) is 0 Å². The molecule has 106 valence electrons. The third-order valence-electron chi connectivity index (χ3n) is 3.57. The third kappa shape index (κ3) is 2.44. The quantitative estimate of drug-likeness (QED) is 0.893. The highest BCUT2D eigenvalue weighted by atomic mass is 16.4. The van der Waals surface area contributed by atoms with Crippen molar-refractivity contribution < 1.29 is 15.0 Å². The number of carboxylic acid groups (broad SMARTS) is 1. The molecule has 5 nitrogen and oxygen atoms in total. The second kappa shape index (κ2) is 5.09. The van der Waals surface area contributed by atoms with Crippen LogP contribution in [0.5, 0.6) is 0 Å². The smallest absolute Gasteiger partial charge is 0.336 e. The summed E-state index contributed by atoms with van der Waals surface area (Å²) in [5.74, 6) is -0.458. The molecule has 2 aromatic rings. The summed E-state index contributed by atoms with van der Waals surface area (Å²) in [6.07, 6.45) is 0. The van der Waals surface area contributed by atoms with E-state index >= 15 is 0 Å². The molecule has 0 aliphatic rings. The van der Waals surface area contributed by atoms with E-state index in [1.165, 1.54) is 0 Å². The summed E-state index contributed by atoms with van der Waals surface area (Å²) in [5.41, 5.74) is 0.319. The summed E-state index contributed by atoms with van der Waals surface area (Å²) < 4.78 is 0. The molecular weight excluding hydrogens is 256 g/mol. The fourth-order valence-corrected chi connectivity index (χ4v) is 1.93. The second-order valence-corrected chi connectivity index (χ2v) is 5.38. The first-order chi connectivity index (χ1) is 9.36. The Kier molecular flexibility index (Phi) is 3.63. The summed E-state index contributed by atoms with van der Waals surface area (Å²) in [7, 11) is 1.79. The van der Waals surface area contributed by atoms with E-state index in [4.69, 9.17) is 0 Å². The number of aromatic carboxylic acids is 1. The summed E-state index contributed by atoms with van der Waals surface area (Å²) in [4.78, 5) is 17.7. The number of pyridine rings is 1. The van der Waals surface area contributed by atoms with Gasteiger partial charge in [0.25, 0.3) is 0 Å². The minimum absolute atomic E-state index is 0.0551. The average Bonchev–Trinajstić information content (AvgIpc) is 2.45. The Morgan fingerprint density at radius 1 is 1.35 bits per heavy atom. The standard InChI is InChI=1S/C15H18N2O3/c1-15(2,9-18)17(3)13-8-11(14(19)20)10-6-4-5-7-12(10)16-13/h4-8,18H,9H2,1-3H3,(H,19,20). The van der Waals surface area contributed by atoms with E-state index in [0.29, 0.717) is 16.7 Å². The maximum Gasteiger partial charge on any atom is 0.336 e. The Balaban J connectivity index is 2.64. The zero-order valence-electron chi connectivity index (χ0n) is 11.8. The van der Waals surface area contributed by atoms with Crippen LogP contribution in [0.1, 0.15) is 24.2 Å². The first kappa shape index (κ1) is 14.3. The fourth-order valence-electron chi connectivity index (χ4n) is 1.93. The number of rotatable bonds is 4. The van der Waals surface area contributed by atoms with Gasteiger partial charge in [0.1, 0.15) is 5.82 Å². The number of likely N-dealkylation sites (N-methyl/N-ethyl adjacent to an activating group) is 1. The van der Waals surface area contributed by atoms with Gasteiger partial charge in [-0.05, 0) is 26.0 Å². The Hall–Kier alpha value is -2.14. The topological polar surface area (TPSA) is 73.7 Å². The van der Waals surface area contributed by atoms with E-state index < -0.39 is 11.5 Å². The number of aliphatic hydroxyl groups excluding tert-OH is 1.